The molecule has 3 rings (SSSR count). The van der Waals surface area contributed by atoms with Crippen LogP contribution in [0.1, 0.15) is 22.9 Å². The molecular formula is C19H25N3. The van der Waals surface area contributed by atoms with Crippen LogP contribution >= 0.6 is 0 Å². The number of nitrogens with zero attached hydrogens (tertiary/aromatic N) is 3. The Balaban J connectivity index is 1.99. The van der Waals surface area contributed by atoms with E-state index in [0.717, 1.165) is 0 Å². The van der Waals surface area contributed by atoms with Crippen LogP contribution in [0.3, 0.4) is 0 Å². The van der Waals surface area contributed by atoms with Crippen LogP contribution in [0.2, 0.25) is 0 Å². The normalized spacial score (nSPS) is 14.5. The molecule has 116 valence electrons. The molecule has 1 aliphatic heterocycles. The van der Waals surface area contributed by atoms with Crippen molar-refractivity contribution in [3.8, 4) is 0 Å². The number of hydrogen-bond donors (Lipinski definition) is 0. The zero-order valence-corrected chi connectivity index (χ0v) is 14.4. The van der Waals surface area contributed by atoms with Gasteiger partial charge in [-0.25, -0.2) is 0 Å². The molecule has 0 spiro atoms. The van der Waals surface area contributed by atoms with Gasteiger partial charge in [0.15, 0.2) is 0 Å². The maximum Gasteiger partial charge on any atom is 0.128 e. The van der Waals surface area contributed by atoms with Crippen molar-refractivity contribution in [2.75, 3.05) is 42.9 Å². The maximum absolute atomic E-state index is 2.37. The van der Waals surface area contributed by atoms with Gasteiger partial charge < -0.3 is 14.7 Å². The van der Waals surface area contributed by atoms with Gasteiger partial charge in [0.1, 0.15) is 6.17 Å². The zero-order chi connectivity index (χ0) is 16.0. The van der Waals surface area contributed by atoms with Crippen molar-refractivity contribution in [3.63, 3.8) is 0 Å². The first kappa shape index (κ1) is 14.8. The van der Waals surface area contributed by atoms with E-state index >= 15 is 0 Å². The third kappa shape index (κ3) is 2.21. The van der Waals surface area contributed by atoms with Crippen molar-refractivity contribution in [3.05, 3.63) is 53.1 Å². The van der Waals surface area contributed by atoms with Crippen molar-refractivity contribution >= 4 is 17.1 Å². The van der Waals surface area contributed by atoms with Crippen LogP contribution in [0.15, 0.2) is 36.4 Å². The smallest absolute Gasteiger partial charge is 0.128 e. The van der Waals surface area contributed by atoms with Crippen LogP contribution in [0.4, 0.5) is 17.1 Å². The topological polar surface area (TPSA) is 9.72 Å². The molecule has 0 aromatic heterocycles. The lowest BCUT2D eigenvalue weighted by molar-refractivity contribution is 0.694. The number of benzene rings is 2. The summed E-state index contributed by atoms with van der Waals surface area (Å²) >= 11 is 0. The molecule has 0 unspecified atom stereocenters. The van der Waals surface area contributed by atoms with Crippen molar-refractivity contribution in [2.24, 2.45) is 0 Å². The fraction of sp³-hybridized carbons (Fsp3) is 0.368. The Morgan fingerprint density at radius 2 is 1.27 bits per heavy atom. The molecule has 0 aliphatic carbocycles. The van der Waals surface area contributed by atoms with Gasteiger partial charge in [-0.05, 0) is 54.8 Å². The Labute approximate surface area is 133 Å². The molecule has 1 heterocycles. The highest BCUT2D eigenvalue weighted by Gasteiger charge is 2.32. The van der Waals surface area contributed by atoms with Crippen LogP contribution < -0.4 is 14.7 Å². The fourth-order valence-corrected chi connectivity index (χ4v) is 3.27. The standard InChI is InChI=1S/C19H25N3/c1-13-11-17-18(12-14(13)2)22(6)19(21(17)5)15-7-9-16(10-8-15)20(3)4/h7-12,19H,1-6H3. The van der Waals surface area contributed by atoms with Gasteiger partial charge >= 0.3 is 0 Å². The molecule has 0 saturated carbocycles. The minimum absolute atomic E-state index is 0.257. The van der Waals surface area contributed by atoms with E-state index < -0.39 is 0 Å². The largest absolute Gasteiger partial charge is 0.378 e. The third-order valence-corrected chi connectivity index (χ3v) is 4.79. The van der Waals surface area contributed by atoms with E-state index in [9.17, 15) is 0 Å². The van der Waals surface area contributed by atoms with E-state index in [2.05, 4.69) is 93.1 Å². The Bertz CT molecular complexity index is 654. The molecule has 2 aromatic carbocycles. The molecule has 0 N–H and O–H groups in total. The van der Waals surface area contributed by atoms with Crippen molar-refractivity contribution in [1.82, 2.24) is 0 Å². The Hall–Kier alpha value is -2.16. The lowest BCUT2D eigenvalue weighted by Gasteiger charge is -2.28. The lowest BCUT2D eigenvalue weighted by atomic mass is 10.1. The monoisotopic (exact) mass is 295 g/mol. The second-order valence-electron chi connectivity index (χ2n) is 6.51. The van der Waals surface area contributed by atoms with Gasteiger partial charge in [0, 0.05) is 33.9 Å². The highest BCUT2D eigenvalue weighted by molar-refractivity contribution is 5.79. The lowest BCUT2D eigenvalue weighted by Crippen LogP contribution is -2.30. The highest BCUT2D eigenvalue weighted by Crippen LogP contribution is 2.45. The minimum Gasteiger partial charge on any atom is -0.378 e. The molecule has 3 heteroatoms. The van der Waals surface area contributed by atoms with Gasteiger partial charge in [0.25, 0.3) is 0 Å². The Kier molecular flexibility index (Phi) is 3.51. The summed E-state index contributed by atoms with van der Waals surface area (Å²) in [5.74, 6) is 0. The molecule has 3 nitrogen and oxygen atoms in total. The summed E-state index contributed by atoms with van der Waals surface area (Å²) in [7, 11) is 8.51. The van der Waals surface area contributed by atoms with Gasteiger partial charge in [-0.2, -0.15) is 0 Å². The van der Waals surface area contributed by atoms with Gasteiger partial charge in [-0.3, -0.25) is 0 Å². The molecule has 0 bridgehead atoms. The number of fused-ring (bicyclic) bond motifs is 1. The molecule has 22 heavy (non-hydrogen) atoms. The second-order valence-corrected chi connectivity index (χ2v) is 6.51. The van der Waals surface area contributed by atoms with E-state index in [4.69, 9.17) is 0 Å². The summed E-state index contributed by atoms with van der Waals surface area (Å²) in [6.07, 6.45) is 0.257. The van der Waals surface area contributed by atoms with Crippen LogP contribution in [0.25, 0.3) is 0 Å². The number of anilines is 3. The van der Waals surface area contributed by atoms with Crippen molar-refractivity contribution < 1.29 is 0 Å². The molecule has 0 atom stereocenters. The average molecular weight is 295 g/mol. The van der Waals surface area contributed by atoms with Gasteiger partial charge in [-0.15, -0.1) is 0 Å². The average Bonchev–Trinajstić information content (AvgIpc) is 2.72. The van der Waals surface area contributed by atoms with Crippen LogP contribution in [0, 0.1) is 13.8 Å². The molecular weight excluding hydrogens is 270 g/mol. The molecule has 0 radical (unpaired) electrons. The Morgan fingerprint density at radius 1 is 0.818 bits per heavy atom. The summed E-state index contributed by atoms with van der Waals surface area (Å²) in [5, 5.41) is 0. The van der Waals surface area contributed by atoms with Gasteiger partial charge in [0.05, 0.1) is 11.4 Å². The summed E-state index contributed by atoms with van der Waals surface area (Å²) in [4.78, 5) is 6.87. The quantitative estimate of drug-likeness (QED) is 0.830. The molecule has 0 saturated heterocycles. The molecule has 2 aromatic rings. The number of rotatable bonds is 2. The molecule has 0 fully saturated rings. The number of hydrogen-bond acceptors (Lipinski definition) is 3. The van der Waals surface area contributed by atoms with Crippen LogP contribution in [-0.4, -0.2) is 28.2 Å². The first-order valence-electron chi connectivity index (χ1n) is 7.74. The SMILES string of the molecule is Cc1cc2c(cc1C)N(C)C(c1ccc(N(C)C)cc1)N2C. The predicted molar refractivity (Wildman–Crippen MR) is 96.2 cm³/mol. The van der Waals surface area contributed by atoms with Crippen LogP contribution in [-0.2, 0) is 0 Å². The Morgan fingerprint density at radius 3 is 1.68 bits per heavy atom. The van der Waals surface area contributed by atoms with E-state index in [0.29, 0.717) is 0 Å². The van der Waals surface area contributed by atoms with E-state index in [1.165, 1.54) is 33.8 Å². The highest BCUT2D eigenvalue weighted by atomic mass is 15.4. The minimum atomic E-state index is 0.257. The van der Waals surface area contributed by atoms with Gasteiger partial charge in [0.2, 0.25) is 0 Å². The first-order chi connectivity index (χ1) is 10.4. The fourth-order valence-electron chi connectivity index (χ4n) is 3.27. The number of aryl methyl sites for hydroxylation is 2. The van der Waals surface area contributed by atoms with E-state index in [1.54, 1.807) is 0 Å². The summed E-state index contributed by atoms with van der Waals surface area (Å²) < 4.78 is 0. The van der Waals surface area contributed by atoms with E-state index in [-0.39, 0.29) is 6.17 Å². The van der Waals surface area contributed by atoms with Crippen molar-refractivity contribution in [1.29, 1.82) is 0 Å². The maximum atomic E-state index is 2.37. The van der Waals surface area contributed by atoms with E-state index in [1.807, 2.05) is 0 Å². The predicted octanol–water partition coefficient (Wildman–Crippen LogP) is 3.95. The second kappa shape index (κ2) is 5.24. The third-order valence-electron chi connectivity index (χ3n) is 4.79. The zero-order valence-electron chi connectivity index (χ0n) is 14.4. The van der Waals surface area contributed by atoms with Crippen LogP contribution in [0.5, 0.6) is 0 Å². The first-order valence-corrected chi connectivity index (χ1v) is 7.74. The molecule has 1 aliphatic rings. The van der Waals surface area contributed by atoms with Crippen molar-refractivity contribution in [2.45, 2.75) is 20.0 Å². The van der Waals surface area contributed by atoms with Gasteiger partial charge in [-0.1, -0.05) is 12.1 Å². The summed E-state index contributed by atoms with van der Waals surface area (Å²) in [6, 6.07) is 13.5. The summed E-state index contributed by atoms with van der Waals surface area (Å²) in [6.45, 7) is 4.37. The molecule has 0 amide bonds. The summed E-state index contributed by atoms with van der Waals surface area (Å²) in [5.41, 5.74) is 7.88.